The topological polar surface area (TPSA) is 104 Å². The Bertz CT molecular complexity index is 857. The maximum atomic E-state index is 12.5. The van der Waals surface area contributed by atoms with Crippen LogP contribution >= 0.6 is 0 Å². The Balaban J connectivity index is 3.91. The first-order chi connectivity index (χ1) is 23.3. The number of allylic oxidation sites excluding steroid dienone is 3. The van der Waals surface area contributed by atoms with Gasteiger partial charge >= 0.3 is 0 Å². The summed E-state index contributed by atoms with van der Waals surface area (Å²) in [6, 6.07) is -1.06. The van der Waals surface area contributed by atoms with Crippen LogP contribution in [0.4, 0.5) is 0 Å². The lowest BCUT2D eigenvalue weighted by Gasteiger charge is -2.21. The first-order valence-electron chi connectivity index (χ1n) is 20.5. The fourth-order valence-corrected chi connectivity index (χ4v) is 7.00. The lowest BCUT2D eigenvalue weighted by Crippen LogP contribution is -2.46. The van der Waals surface area contributed by atoms with Crippen molar-refractivity contribution in [3.05, 3.63) is 24.3 Å². The highest BCUT2D eigenvalue weighted by Gasteiger charge is 2.24. The maximum Gasteiger partial charge on any atom is 0.267 e. The SMILES string of the molecule is CCCCCCCCC/C=C\CCCCCCCCCC(=O)NC(CS(=O)(=O)O)C(O)/C=C/CCCCCCCCCCCCCCC. The van der Waals surface area contributed by atoms with Gasteiger partial charge in [-0.2, -0.15) is 8.42 Å². The third-order valence-corrected chi connectivity index (χ3v) is 10.2. The summed E-state index contributed by atoms with van der Waals surface area (Å²) in [4.78, 5) is 12.5. The quantitative estimate of drug-likeness (QED) is 0.0340. The molecular formula is C41H79NO5S. The van der Waals surface area contributed by atoms with Crippen LogP contribution in [0.5, 0.6) is 0 Å². The highest BCUT2D eigenvalue weighted by molar-refractivity contribution is 7.85. The molecule has 0 rings (SSSR count). The summed E-state index contributed by atoms with van der Waals surface area (Å²) >= 11 is 0. The lowest BCUT2D eigenvalue weighted by atomic mass is 10.0. The second-order valence-electron chi connectivity index (χ2n) is 14.3. The maximum absolute atomic E-state index is 12.5. The third kappa shape index (κ3) is 36.1. The minimum Gasteiger partial charge on any atom is -0.387 e. The van der Waals surface area contributed by atoms with Gasteiger partial charge in [0.15, 0.2) is 0 Å². The van der Waals surface area contributed by atoms with Crippen molar-refractivity contribution in [2.45, 2.75) is 225 Å². The standard InChI is InChI=1S/C41H79NO5S/c1-3-5-7-9-11-13-15-17-19-20-21-23-25-27-29-31-33-35-37-41(44)42-39(38-48(45,46)47)40(43)36-34-32-30-28-26-24-22-18-16-14-12-10-8-6-4-2/h19-20,34,36,39-40,43H,3-18,21-33,35,37-38H2,1-2H3,(H,42,44)(H,45,46,47)/b20-19-,36-34+. The van der Waals surface area contributed by atoms with E-state index in [0.29, 0.717) is 6.42 Å². The zero-order chi connectivity index (χ0) is 35.4. The van der Waals surface area contributed by atoms with Gasteiger partial charge in [0, 0.05) is 6.42 Å². The van der Waals surface area contributed by atoms with Gasteiger partial charge in [-0.1, -0.05) is 186 Å². The number of aliphatic hydroxyl groups is 1. The molecule has 0 heterocycles. The molecule has 0 radical (unpaired) electrons. The Morgan fingerprint density at radius 2 is 0.875 bits per heavy atom. The van der Waals surface area contributed by atoms with Crippen LogP contribution in [0.25, 0.3) is 0 Å². The number of carbonyl (C=O) groups excluding carboxylic acids is 1. The van der Waals surface area contributed by atoms with Crippen molar-refractivity contribution in [1.29, 1.82) is 0 Å². The molecule has 0 aromatic rings. The van der Waals surface area contributed by atoms with E-state index in [4.69, 9.17) is 0 Å². The van der Waals surface area contributed by atoms with E-state index in [1.165, 1.54) is 148 Å². The number of carbonyl (C=O) groups is 1. The van der Waals surface area contributed by atoms with Crippen LogP contribution in [0.1, 0.15) is 213 Å². The molecule has 0 bridgehead atoms. The summed E-state index contributed by atoms with van der Waals surface area (Å²) in [6.45, 7) is 4.52. The summed E-state index contributed by atoms with van der Waals surface area (Å²) in [6.07, 6.45) is 44.4. The molecule has 0 spiro atoms. The molecule has 0 saturated carbocycles. The number of aliphatic hydroxyl groups excluding tert-OH is 1. The molecule has 2 unspecified atom stereocenters. The van der Waals surface area contributed by atoms with Gasteiger partial charge in [-0.3, -0.25) is 9.35 Å². The van der Waals surface area contributed by atoms with E-state index in [1.807, 2.05) is 6.08 Å². The van der Waals surface area contributed by atoms with Crippen LogP contribution in [0.3, 0.4) is 0 Å². The summed E-state index contributed by atoms with van der Waals surface area (Å²) in [5, 5.41) is 13.2. The van der Waals surface area contributed by atoms with Gasteiger partial charge in [0.2, 0.25) is 5.91 Å². The molecule has 0 fully saturated rings. The van der Waals surface area contributed by atoms with Gasteiger partial charge in [0.1, 0.15) is 0 Å². The summed E-state index contributed by atoms with van der Waals surface area (Å²) < 4.78 is 32.5. The molecule has 6 nitrogen and oxygen atoms in total. The second kappa shape index (κ2) is 35.6. The second-order valence-corrected chi connectivity index (χ2v) is 15.8. The Kier molecular flexibility index (Phi) is 34.8. The predicted molar refractivity (Wildman–Crippen MR) is 207 cm³/mol. The van der Waals surface area contributed by atoms with Gasteiger partial charge in [-0.25, -0.2) is 0 Å². The molecule has 3 N–H and O–H groups in total. The monoisotopic (exact) mass is 698 g/mol. The fraction of sp³-hybridized carbons (Fsp3) is 0.878. The van der Waals surface area contributed by atoms with E-state index in [-0.39, 0.29) is 5.91 Å². The van der Waals surface area contributed by atoms with Gasteiger partial charge in [0.25, 0.3) is 10.1 Å². The number of hydrogen-bond donors (Lipinski definition) is 3. The summed E-state index contributed by atoms with van der Waals surface area (Å²) in [5.41, 5.74) is 0. The Labute approximate surface area is 298 Å². The van der Waals surface area contributed by atoms with Gasteiger partial charge in [0.05, 0.1) is 17.9 Å². The van der Waals surface area contributed by atoms with Crippen molar-refractivity contribution in [2.24, 2.45) is 0 Å². The predicted octanol–water partition coefficient (Wildman–Crippen LogP) is 12.0. The van der Waals surface area contributed by atoms with Crippen LogP contribution in [-0.2, 0) is 14.9 Å². The number of nitrogens with one attached hydrogen (secondary N) is 1. The van der Waals surface area contributed by atoms with Crippen molar-refractivity contribution < 1.29 is 22.9 Å². The van der Waals surface area contributed by atoms with E-state index in [9.17, 15) is 22.9 Å². The number of rotatable bonds is 37. The normalized spacial score (nSPS) is 13.5. The largest absolute Gasteiger partial charge is 0.387 e. The molecule has 0 aromatic carbocycles. The average Bonchev–Trinajstić information content (AvgIpc) is 3.05. The van der Waals surface area contributed by atoms with E-state index < -0.39 is 28.0 Å². The zero-order valence-corrected chi connectivity index (χ0v) is 32.4. The van der Waals surface area contributed by atoms with Gasteiger partial charge in [-0.15, -0.1) is 0 Å². The first kappa shape index (κ1) is 46.8. The Hall–Kier alpha value is -1.18. The van der Waals surface area contributed by atoms with Gasteiger partial charge < -0.3 is 10.4 Å². The van der Waals surface area contributed by atoms with Crippen LogP contribution in [0, 0.1) is 0 Å². The average molecular weight is 698 g/mol. The highest BCUT2D eigenvalue weighted by atomic mass is 32.2. The molecule has 284 valence electrons. The smallest absolute Gasteiger partial charge is 0.267 e. The van der Waals surface area contributed by atoms with Crippen molar-refractivity contribution in [2.75, 3.05) is 5.75 Å². The fourth-order valence-electron chi connectivity index (χ4n) is 6.27. The minimum absolute atomic E-state index is 0.282. The molecule has 48 heavy (non-hydrogen) atoms. The van der Waals surface area contributed by atoms with Crippen LogP contribution < -0.4 is 5.32 Å². The van der Waals surface area contributed by atoms with Crippen molar-refractivity contribution in [3.63, 3.8) is 0 Å². The van der Waals surface area contributed by atoms with E-state index in [0.717, 1.165) is 44.9 Å². The van der Waals surface area contributed by atoms with Crippen LogP contribution in [0.15, 0.2) is 24.3 Å². The molecule has 0 saturated heterocycles. The van der Waals surface area contributed by atoms with Crippen molar-refractivity contribution in [1.82, 2.24) is 5.32 Å². The number of amides is 1. The van der Waals surface area contributed by atoms with E-state index in [2.05, 4.69) is 31.3 Å². The first-order valence-corrected chi connectivity index (χ1v) is 22.1. The highest BCUT2D eigenvalue weighted by Crippen LogP contribution is 2.14. The Morgan fingerprint density at radius 3 is 1.25 bits per heavy atom. The van der Waals surface area contributed by atoms with E-state index in [1.54, 1.807) is 6.08 Å². The lowest BCUT2D eigenvalue weighted by molar-refractivity contribution is -0.122. The Morgan fingerprint density at radius 1 is 0.542 bits per heavy atom. The molecule has 0 aromatic heterocycles. The molecule has 7 heteroatoms. The summed E-state index contributed by atoms with van der Waals surface area (Å²) in [5.74, 6) is -0.979. The molecule has 0 aliphatic carbocycles. The molecule has 2 atom stereocenters. The number of unbranched alkanes of at least 4 members (excludes halogenated alkanes) is 27. The van der Waals surface area contributed by atoms with Gasteiger partial charge in [-0.05, 0) is 44.9 Å². The van der Waals surface area contributed by atoms with Crippen molar-refractivity contribution in [3.8, 4) is 0 Å². The minimum atomic E-state index is -4.34. The third-order valence-electron chi connectivity index (χ3n) is 9.37. The number of hydrogen-bond acceptors (Lipinski definition) is 4. The molecule has 1 amide bonds. The molecule has 0 aliphatic heterocycles. The van der Waals surface area contributed by atoms with Crippen LogP contribution in [-0.4, -0.2) is 41.9 Å². The van der Waals surface area contributed by atoms with E-state index >= 15 is 0 Å². The van der Waals surface area contributed by atoms with Crippen LogP contribution in [0.2, 0.25) is 0 Å². The molecule has 0 aliphatic rings. The summed E-state index contributed by atoms with van der Waals surface area (Å²) in [7, 11) is -4.34. The van der Waals surface area contributed by atoms with Crippen molar-refractivity contribution >= 4 is 16.0 Å². The zero-order valence-electron chi connectivity index (χ0n) is 31.6. The molecular weight excluding hydrogens is 619 g/mol.